The molecule has 1 N–H and O–H groups in total. The Bertz CT molecular complexity index is 1390. The van der Waals surface area contributed by atoms with Crippen LogP contribution in [0.5, 0.6) is 0 Å². The Morgan fingerprint density at radius 2 is 2.03 bits per heavy atom. The monoisotopic (exact) mass is 458 g/mol. The highest BCUT2D eigenvalue weighted by Crippen LogP contribution is 2.43. The van der Waals surface area contributed by atoms with Crippen molar-refractivity contribution < 1.29 is 4.74 Å². The first kappa shape index (κ1) is 20.1. The third-order valence-electron chi connectivity index (χ3n) is 6.02. The molecule has 6 rings (SSSR count). The van der Waals surface area contributed by atoms with Gasteiger partial charge in [-0.2, -0.15) is 10.4 Å². The van der Waals surface area contributed by atoms with Gasteiger partial charge < -0.3 is 15.0 Å². The Kier molecular flexibility index (Phi) is 4.57. The molecule has 4 aromatic rings. The second kappa shape index (κ2) is 7.50. The van der Waals surface area contributed by atoms with Crippen molar-refractivity contribution in [3.8, 4) is 28.0 Å². The van der Waals surface area contributed by atoms with E-state index >= 15 is 0 Å². The van der Waals surface area contributed by atoms with E-state index in [4.69, 9.17) is 15.0 Å². The molecule has 2 aliphatic heterocycles. The molecule has 0 unspecified atom stereocenters. The minimum absolute atomic E-state index is 0.237. The summed E-state index contributed by atoms with van der Waals surface area (Å²) in [5, 5.41) is 27.8. The highest BCUT2D eigenvalue weighted by Gasteiger charge is 2.50. The molecule has 0 bridgehead atoms. The van der Waals surface area contributed by atoms with Crippen molar-refractivity contribution in [1.29, 1.82) is 5.26 Å². The highest BCUT2D eigenvalue weighted by molar-refractivity contribution is 7.18. The molecule has 1 spiro atoms. The fourth-order valence-electron chi connectivity index (χ4n) is 4.37. The van der Waals surface area contributed by atoms with E-state index in [1.54, 1.807) is 22.0 Å². The molecule has 4 aromatic heterocycles. The van der Waals surface area contributed by atoms with Gasteiger partial charge in [-0.15, -0.1) is 10.2 Å². The molecule has 33 heavy (non-hydrogen) atoms. The van der Waals surface area contributed by atoms with Crippen molar-refractivity contribution in [3.63, 3.8) is 0 Å². The van der Waals surface area contributed by atoms with Gasteiger partial charge in [0.15, 0.2) is 5.01 Å². The summed E-state index contributed by atoms with van der Waals surface area (Å²) in [6.45, 7) is 7.88. The first-order valence-corrected chi connectivity index (χ1v) is 11.7. The maximum atomic E-state index is 9.14. The van der Waals surface area contributed by atoms with Crippen LogP contribution >= 0.6 is 11.3 Å². The average molecular weight is 459 g/mol. The van der Waals surface area contributed by atoms with Crippen molar-refractivity contribution in [2.24, 2.45) is 5.41 Å². The number of hydrogen-bond donors (Lipinski definition) is 1. The van der Waals surface area contributed by atoms with Crippen molar-refractivity contribution in [2.75, 3.05) is 36.5 Å². The lowest BCUT2D eigenvalue weighted by Crippen LogP contribution is -2.66. The van der Waals surface area contributed by atoms with Crippen LogP contribution in [0.3, 0.4) is 0 Å². The van der Waals surface area contributed by atoms with E-state index in [-0.39, 0.29) is 6.04 Å². The van der Waals surface area contributed by atoms with Crippen LogP contribution in [0, 0.1) is 16.7 Å². The van der Waals surface area contributed by atoms with Gasteiger partial charge in [0.2, 0.25) is 5.13 Å². The van der Waals surface area contributed by atoms with Crippen molar-refractivity contribution in [3.05, 3.63) is 42.2 Å². The molecule has 0 amide bonds. The summed E-state index contributed by atoms with van der Waals surface area (Å²) < 4.78 is 7.18. The van der Waals surface area contributed by atoms with Crippen molar-refractivity contribution in [1.82, 2.24) is 24.8 Å². The van der Waals surface area contributed by atoms with Crippen LogP contribution in [0.25, 0.3) is 27.5 Å². The normalized spacial score (nSPS) is 16.6. The minimum Gasteiger partial charge on any atom is -0.382 e. The van der Waals surface area contributed by atoms with E-state index in [9.17, 15) is 0 Å². The summed E-state index contributed by atoms with van der Waals surface area (Å²) >= 11 is 1.59. The van der Waals surface area contributed by atoms with E-state index in [1.807, 2.05) is 30.5 Å². The van der Waals surface area contributed by atoms with Gasteiger partial charge in [-0.1, -0.05) is 11.3 Å². The standard InChI is InChI=1S/C23H22N8OS/c1-14(2)27-18-6-19(20-4-3-16-5-15(7-24)8-26-31(16)20)25-9-17(18)21-28-29-22(33-21)30-10-23(11-30)12-32-13-23/h3-6,8-9,14H,10-13H2,1-2H3,(H,25,27). The van der Waals surface area contributed by atoms with Crippen LogP contribution in [0.2, 0.25) is 0 Å². The first-order chi connectivity index (χ1) is 16.0. The van der Waals surface area contributed by atoms with E-state index in [0.717, 1.165) is 64.6 Å². The summed E-state index contributed by atoms with van der Waals surface area (Å²) in [7, 11) is 0. The van der Waals surface area contributed by atoms with Crippen molar-refractivity contribution >= 4 is 27.7 Å². The number of nitrogens with one attached hydrogen (secondary N) is 1. The maximum Gasteiger partial charge on any atom is 0.208 e. The number of ether oxygens (including phenoxy) is 1. The van der Waals surface area contributed by atoms with E-state index in [2.05, 4.69) is 45.4 Å². The molecule has 9 nitrogen and oxygen atoms in total. The van der Waals surface area contributed by atoms with Gasteiger partial charge in [-0.05, 0) is 38.1 Å². The maximum absolute atomic E-state index is 9.14. The summed E-state index contributed by atoms with van der Waals surface area (Å²) in [6, 6.07) is 10.1. The second-order valence-electron chi connectivity index (χ2n) is 9.06. The summed E-state index contributed by atoms with van der Waals surface area (Å²) in [5.74, 6) is 0. The largest absolute Gasteiger partial charge is 0.382 e. The van der Waals surface area contributed by atoms with Gasteiger partial charge in [0.1, 0.15) is 6.07 Å². The molecule has 0 atom stereocenters. The van der Waals surface area contributed by atoms with Crippen LogP contribution in [-0.4, -0.2) is 57.1 Å². The molecule has 10 heteroatoms. The number of rotatable bonds is 5. The number of nitriles is 1. The predicted octanol–water partition coefficient (Wildman–Crippen LogP) is 3.44. The third-order valence-corrected chi connectivity index (χ3v) is 7.04. The number of hydrogen-bond acceptors (Lipinski definition) is 9. The molecular weight excluding hydrogens is 436 g/mol. The lowest BCUT2D eigenvalue weighted by atomic mass is 9.78. The van der Waals surface area contributed by atoms with Gasteiger partial charge in [0, 0.05) is 31.0 Å². The van der Waals surface area contributed by atoms with Gasteiger partial charge in [0.25, 0.3) is 0 Å². The quantitative estimate of drug-likeness (QED) is 0.485. The third kappa shape index (κ3) is 3.41. The first-order valence-electron chi connectivity index (χ1n) is 10.9. The zero-order valence-electron chi connectivity index (χ0n) is 18.3. The summed E-state index contributed by atoms with van der Waals surface area (Å²) in [5.41, 5.74) is 5.25. The van der Waals surface area contributed by atoms with Crippen LogP contribution in [0.4, 0.5) is 10.8 Å². The highest BCUT2D eigenvalue weighted by atomic mass is 32.1. The number of anilines is 2. The Hall–Kier alpha value is -3.55. The molecule has 166 valence electrons. The Morgan fingerprint density at radius 3 is 2.76 bits per heavy atom. The van der Waals surface area contributed by atoms with Crippen LogP contribution in [0.1, 0.15) is 19.4 Å². The predicted molar refractivity (Wildman–Crippen MR) is 126 cm³/mol. The fourth-order valence-corrected chi connectivity index (χ4v) is 5.24. The lowest BCUT2D eigenvalue weighted by molar-refractivity contribution is -0.127. The topological polar surface area (TPSA) is 104 Å². The minimum atomic E-state index is 0.237. The molecule has 0 saturated carbocycles. The van der Waals surface area contributed by atoms with Gasteiger partial charge >= 0.3 is 0 Å². The number of nitrogens with zero attached hydrogens (tertiary/aromatic N) is 7. The number of aromatic nitrogens is 5. The van der Waals surface area contributed by atoms with E-state index in [1.165, 1.54) is 0 Å². The SMILES string of the molecule is CC(C)Nc1cc(-c2ccc3cc(C#N)cnn23)ncc1-c1nnc(N2CC3(COC3)C2)s1. The van der Waals surface area contributed by atoms with Gasteiger partial charge in [-0.3, -0.25) is 4.98 Å². The lowest BCUT2D eigenvalue weighted by Gasteiger charge is -2.54. The average Bonchev–Trinajstić information content (AvgIpc) is 3.38. The van der Waals surface area contributed by atoms with Crippen LogP contribution in [-0.2, 0) is 4.74 Å². The Balaban J connectivity index is 1.34. The Morgan fingerprint density at radius 1 is 1.18 bits per heavy atom. The molecule has 2 aliphatic rings. The molecule has 6 heterocycles. The van der Waals surface area contributed by atoms with Crippen molar-refractivity contribution in [2.45, 2.75) is 19.9 Å². The molecular formula is C23H22N8OS. The van der Waals surface area contributed by atoms with E-state index < -0.39 is 0 Å². The molecule has 0 radical (unpaired) electrons. The molecule has 0 aliphatic carbocycles. The van der Waals surface area contributed by atoms with Crippen LogP contribution in [0.15, 0.2) is 36.7 Å². The Labute approximate surface area is 194 Å². The second-order valence-corrected chi connectivity index (χ2v) is 10.0. The number of fused-ring (bicyclic) bond motifs is 1. The van der Waals surface area contributed by atoms with Gasteiger partial charge in [0.05, 0.1) is 52.9 Å². The molecule has 0 aromatic carbocycles. The zero-order valence-corrected chi connectivity index (χ0v) is 19.1. The summed E-state index contributed by atoms with van der Waals surface area (Å²) in [4.78, 5) is 7.01. The molecule has 2 saturated heterocycles. The fraction of sp³-hybridized carbons (Fsp3) is 0.348. The summed E-state index contributed by atoms with van der Waals surface area (Å²) in [6.07, 6.45) is 3.42. The zero-order chi connectivity index (χ0) is 22.6. The van der Waals surface area contributed by atoms with E-state index in [0.29, 0.717) is 11.0 Å². The van der Waals surface area contributed by atoms with Crippen LogP contribution < -0.4 is 10.2 Å². The van der Waals surface area contributed by atoms with Gasteiger partial charge in [-0.25, -0.2) is 4.52 Å². The molecule has 2 fully saturated rings. The smallest absolute Gasteiger partial charge is 0.208 e. The number of pyridine rings is 1.